The molecule has 2 amide bonds. The van der Waals surface area contributed by atoms with Crippen molar-refractivity contribution in [1.29, 1.82) is 5.26 Å². The highest BCUT2D eigenvalue weighted by atomic mass is 32.2. The molecule has 1 aromatic heterocycles. The van der Waals surface area contributed by atoms with E-state index in [-0.39, 0.29) is 17.1 Å². The zero-order valence-corrected chi connectivity index (χ0v) is 21.5. The Morgan fingerprint density at radius 1 is 1.20 bits per heavy atom. The van der Waals surface area contributed by atoms with Crippen LogP contribution >= 0.6 is 23.1 Å². The van der Waals surface area contributed by atoms with Crippen molar-refractivity contribution in [3.63, 3.8) is 0 Å². The number of carbonyl (C=O) groups is 2. The molecule has 0 bridgehead atoms. The number of benzene rings is 2. The lowest BCUT2D eigenvalue weighted by Gasteiger charge is -2.17. The molecule has 2 N–H and O–H groups in total. The Balaban J connectivity index is 1.40. The van der Waals surface area contributed by atoms with E-state index in [0.717, 1.165) is 29.7 Å². The second-order valence-electron chi connectivity index (χ2n) is 8.63. The van der Waals surface area contributed by atoms with Gasteiger partial charge in [0, 0.05) is 21.0 Å². The zero-order chi connectivity index (χ0) is 24.9. The Bertz CT molecular complexity index is 1280. The number of hydrogen-bond acceptors (Lipinski definition) is 6. The van der Waals surface area contributed by atoms with Gasteiger partial charge >= 0.3 is 0 Å². The van der Waals surface area contributed by atoms with E-state index < -0.39 is 0 Å². The molecule has 3 aromatic rings. The molecule has 2 unspecified atom stereocenters. The Morgan fingerprint density at radius 3 is 2.69 bits per heavy atom. The number of nitrogens with one attached hydrogen (secondary N) is 2. The molecular formula is C27H27N3O3S2. The first kappa shape index (κ1) is 24.8. The molecule has 1 aliphatic rings. The summed E-state index contributed by atoms with van der Waals surface area (Å²) in [6.07, 6.45) is 2.93. The number of thioether (sulfide) groups is 1. The van der Waals surface area contributed by atoms with E-state index in [0.29, 0.717) is 33.5 Å². The van der Waals surface area contributed by atoms with Crippen LogP contribution in [0.3, 0.4) is 0 Å². The van der Waals surface area contributed by atoms with Gasteiger partial charge in [-0.3, -0.25) is 9.59 Å². The van der Waals surface area contributed by atoms with Crippen molar-refractivity contribution in [2.24, 2.45) is 5.92 Å². The van der Waals surface area contributed by atoms with E-state index in [2.05, 4.69) is 23.6 Å². The maximum atomic E-state index is 12.9. The van der Waals surface area contributed by atoms with E-state index >= 15 is 0 Å². The summed E-state index contributed by atoms with van der Waals surface area (Å²) in [5.41, 5.74) is 2.89. The molecule has 8 heteroatoms. The molecule has 1 aliphatic carbocycles. The molecule has 0 aliphatic heterocycles. The van der Waals surface area contributed by atoms with Crippen LogP contribution in [0.15, 0.2) is 53.4 Å². The van der Waals surface area contributed by atoms with Crippen LogP contribution in [0.1, 0.15) is 46.6 Å². The van der Waals surface area contributed by atoms with E-state index in [1.165, 1.54) is 28.0 Å². The third-order valence-electron chi connectivity index (χ3n) is 5.99. The first-order chi connectivity index (χ1) is 16.9. The van der Waals surface area contributed by atoms with Crippen molar-refractivity contribution < 1.29 is 14.3 Å². The van der Waals surface area contributed by atoms with Gasteiger partial charge in [-0.2, -0.15) is 5.26 Å². The second kappa shape index (κ2) is 11.0. The zero-order valence-electron chi connectivity index (χ0n) is 19.9. The summed E-state index contributed by atoms with van der Waals surface area (Å²) in [6.45, 7) is 4.06. The van der Waals surface area contributed by atoms with Crippen LogP contribution in [0.5, 0.6) is 5.75 Å². The average molecular weight is 506 g/mol. The molecule has 2 aromatic carbocycles. The van der Waals surface area contributed by atoms with Gasteiger partial charge in [-0.25, -0.2) is 0 Å². The predicted octanol–water partition coefficient (Wildman–Crippen LogP) is 6.12. The number of nitrogens with zero attached hydrogens (tertiary/aromatic N) is 1. The van der Waals surface area contributed by atoms with Crippen LogP contribution in [0.2, 0.25) is 0 Å². The van der Waals surface area contributed by atoms with Crippen LogP contribution in [0.4, 0.5) is 10.7 Å². The third kappa shape index (κ3) is 5.87. The van der Waals surface area contributed by atoms with Crippen molar-refractivity contribution in [1.82, 2.24) is 0 Å². The smallest absolute Gasteiger partial charge is 0.255 e. The molecular weight excluding hydrogens is 478 g/mol. The first-order valence-electron chi connectivity index (χ1n) is 11.5. The van der Waals surface area contributed by atoms with Gasteiger partial charge < -0.3 is 15.4 Å². The minimum Gasteiger partial charge on any atom is -0.497 e. The minimum absolute atomic E-state index is 0.147. The van der Waals surface area contributed by atoms with Gasteiger partial charge in [-0.15, -0.1) is 23.1 Å². The average Bonchev–Trinajstić information content (AvgIpc) is 3.19. The highest BCUT2D eigenvalue weighted by Gasteiger charge is 2.26. The third-order valence-corrected chi connectivity index (χ3v) is 8.25. The molecule has 6 nitrogen and oxygen atoms in total. The van der Waals surface area contributed by atoms with Crippen LogP contribution in [0.25, 0.3) is 0 Å². The van der Waals surface area contributed by atoms with Crippen molar-refractivity contribution in [2.75, 3.05) is 17.7 Å². The number of methoxy groups -OCH3 is 1. The second-order valence-corrected chi connectivity index (χ2v) is 11.1. The fraction of sp³-hybridized carbons (Fsp3) is 0.296. The summed E-state index contributed by atoms with van der Waals surface area (Å²) in [5.74, 6) is 0.918. The number of ether oxygens (including phenoxy) is 1. The largest absolute Gasteiger partial charge is 0.497 e. The molecule has 0 saturated heterocycles. The van der Waals surface area contributed by atoms with Crippen LogP contribution in [-0.2, 0) is 17.6 Å². The van der Waals surface area contributed by atoms with Gasteiger partial charge in [0.1, 0.15) is 16.8 Å². The fourth-order valence-corrected chi connectivity index (χ4v) is 6.31. The van der Waals surface area contributed by atoms with E-state index in [1.54, 1.807) is 31.4 Å². The predicted molar refractivity (Wildman–Crippen MR) is 142 cm³/mol. The van der Waals surface area contributed by atoms with Gasteiger partial charge in [-0.1, -0.05) is 13.0 Å². The molecule has 180 valence electrons. The Kier molecular flexibility index (Phi) is 7.79. The molecule has 0 saturated carbocycles. The number of amides is 2. The summed E-state index contributed by atoms with van der Waals surface area (Å²) in [5, 5.41) is 15.8. The standard InChI is InChI=1S/C27H27N3O3S2/c1-16-7-12-22-23(15-28)27(35-24(22)13-16)30-25(31)17(2)34-21-6-4-5-19(14-21)29-26(32)18-8-10-20(33-3)11-9-18/h4-6,8-11,14,16-17H,7,12-13H2,1-3H3,(H,29,32)(H,30,31). The quantitative estimate of drug-likeness (QED) is 0.377. The van der Waals surface area contributed by atoms with E-state index in [4.69, 9.17) is 4.74 Å². The van der Waals surface area contributed by atoms with Gasteiger partial charge in [0.15, 0.2) is 0 Å². The van der Waals surface area contributed by atoms with Crippen molar-refractivity contribution in [3.8, 4) is 11.8 Å². The van der Waals surface area contributed by atoms with Gasteiger partial charge in [0.05, 0.1) is 17.9 Å². The molecule has 35 heavy (non-hydrogen) atoms. The molecule has 4 rings (SSSR count). The highest BCUT2D eigenvalue weighted by molar-refractivity contribution is 8.00. The number of hydrogen-bond donors (Lipinski definition) is 2. The van der Waals surface area contributed by atoms with Crippen molar-refractivity contribution in [2.45, 2.75) is 43.3 Å². The molecule has 2 atom stereocenters. The molecule has 0 fully saturated rings. The van der Waals surface area contributed by atoms with Crippen LogP contribution in [0, 0.1) is 17.2 Å². The van der Waals surface area contributed by atoms with Gasteiger partial charge in [0.2, 0.25) is 5.91 Å². The Labute approximate surface area is 213 Å². The highest BCUT2D eigenvalue weighted by Crippen LogP contribution is 2.39. The molecule has 1 heterocycles. The number of nitriles is 1. The lowest BCUT2D eigenvalue weighted by atomic mass is 9.89. The van der Waals surface area contributed by atoms with E-state index in [1.807, 2.05) is 31.2 Å². The topological polar surface area (TPSA) is 91.2 Å². The Hall–Kier alpha value is -3.28. The summed E-state index contributed by atoms with van der Waals surface area (Å²) in [4.78, 5) is 27.6. The number of anilines is 2. The monoisotopic (exact) mass is 505 g/mol. The maximum absolute atomic E-state index is 12.9. The normalized spacial score (nSPS) is 15.4. The summed E-state index contributed by atoms with van der Waals surface area (Å²) in [7, 11) is 1.58. The van der Waals surface area contributed by atoms with Gasteiger partial charge in [0.25, 0.3) is 5.91 Å². The molecule has 0 spiro atoms. The lowest BCUT2D eigenvalue weighted by molar-refractivity contribution is -0.115. The fourth-order valence-electron chi connectivity index (χ4n) is 4.02. The molecule has 0 radical (unpaired) electrons. The summed E-state index contributed by atoms with van der Waals surface area (Å²) < 4.78 is 5.13. The van der Waals surface area contributed by atoms with Crippen molar-refractivity contribution >= 4 is 45.6 Å². The van der Waals surface area contributed by atoms with Crippen molar-refractivity contribution in [3.05, 3.63) is 70.1 Å². The SMILES string of the molecule is COc1ccc(C(=O)Nc2cccc(SC(C)C(=O)Nc3sc4c(c3C#N)CCC(C)C4)c2)cc1. The minimum atomic E-state index is -0.382. The number of fused-ring (bicyclic) bond motifs is 1. The summed E-state index contributed by atoms with van der Waals surface area (Å²) in [6, 6.07) is 16.6. The first-order valence-corrected chi connectivity index (χ1v) is 13.1. The van der Waals surface area contributed by atoms with E-state index in [9.17, 15) is 14.9 Å². The lowest BCUT2D eigenvalue weighted by Crippen LogP contribution is -2.22. The maximum Gasteiger partial charge on any atom is 0.255 e. The number of carbonyl (C=O) groups excluding carboxylic acids is 2. The Morgan fingerprint density at radius 2 is 1.97 bits per heavy atom. The van der Waals surface area contributed by atoms with Crippen LogP contribution < -0.4 is 15.4 Å². The number of thiophene rings is 1. The van der Waals surface area contributed by atoms with Crippen LogP contribution in [-0.4, -0.2) is 24.2 Å². The number of rotatable bonds is 7. The van der Waals surface area contributed by atoms with Gasteiger partial charge in [-0.05, 0) is 80.1 Å². The summed E-state index contributed by atoms with van der Waals surface area (Å²) >= 11 is 2.94.